The molecular formula is C23H18F3N3OS. The first-order valence-corrected chi connectivity index (χ1v) is 10.6. The smallest absolute Gasteiger partial charge is 0.416 e. The molecule has 0 spiro atoms. The van der Waals surface area contributed by atoms with Crippen LogP contribution in [0.15, 0.2) is 65.4 Å². The molecule has 3 aromatic heterocycles. The highest BCUT2D eigenvalue weighted by molar-refractivity contribution is 7.15. The zero-order chi connectivity index (χ0) is 21.4. The topological polar surface area (TPSA) is 42.2 Å². The summed E-state index contributed by atoms with van der Waals surface area (Å²) < 4.78 is 44.4. The summed E-state index contributed by atoms with van der Waals surface area (Å²) in [4.78, 5) is 13.3. The summed E-state index contributed by atoms with van der Waals surface area (Å²) in [6, 6.07) is 13.0. The first kappa shape index (κ1) is 20.0. The number of fused-ring (bicyclic) bond motifs is 1. The van der Waals surface area contributed by atoms with E-state index in [-0.39, 0.29) is 0 Å². The number of alkyl halides is 3. The highest BCUT2D eigenvalue weighted by Gasteiger charge is 2.30. The zero-order valence-corrected chi connectivity index (χ0v) is 17.2. The van der Waals surface area contributed by atoms with Gasteiger partial charge in [0.05, 0.1) is 17.5 Å². The number of hydrogen-bond donors (Lipinski definition) is 0. The van der Waals surface area contributed by atoms with E-state index >= 15 is 0 Å². The van der Waals surface area contributed by atoms with Crippen molar-refractivity contribution in [2.24, 2.45) is 0 Å². The molecular weight excluding hydrogens is 423 g/mol. The van der Waals surface area contributed by atoms with Gasteiger partial charge in [-0.15, -0.1) is 11.3 Å². The van der Waals surface area contributed by atoms with Crippen LogP contribution in [-0.4, -0.2) is 21.4 Å². The van der Waals surface area contributed by atoms with Crippen molar-refractivity contribution in [3.05, 3.63) is 82.7 Å². The fourth-order valence-electron chi connectivity index (χ4n) is 3.72. The van der Waals surface area contributed by atoms with Crippen molar-refractivity contribution in [3.8, 4) is 22.0 Å². The van der Waals surface area contributed by atoms with Crippen LogP contribution in [0.1, 0.15) is 21.7 Å². The lowest BCUT2D eigenvalue weighted by molar-refractivity contribution is -0.137. The number of furan rings is 1. The molecule has 158 valence electrons. The van der Waals surface area contributed by atoms with E-state index in [2.05, 4.69) is 14.9 Å². The summed E-state index contributed by atoms with van der Waals surface area (Å²) >= 11 is 1.53. The van der Waals surface area contributed by atoms with E-state index in [0.29, 0.717) is 17.1 Å². The predicted molar refractivity (Wildman–Crippen MR) is 112 cm³/mol. The number of hydrogen-bond acceptors (Lipinski definition) is 5. The third-order valence-corrected chi connectivity index (χ3v) is 6.39. The molecule has 4 heterocycles. The van der Waals surface area contributed by atoms with E-state index in [0.717, 1.165) is 53.1 Å². The maximum absolute atomic E-state index is 13.0. The van der Waals surface area contributed by atoms with Crippen molar-refractivity contribution in [1.82, 2.24) is 14.9 Å². The Morgan fingerprint density at radius 1 is 1.10 bits per heavy atom. The lowest BCUT2D eigenvalue weighted by Crippen LogP contribution is -2.30. The first-order valence-electron chi connectivity index (χ1n) is 9.83. The molecule has 0 N–H and O–H groups in total. The Kier molecular flexibility index (Phi) is 5.11. The molecule has 0 aliphatic carbocycles. The van der Waals surface area contributed by atoms with Gasteiger partial charge < -0.3 is 4.42 Å². The zero-order valence-electron chi connectivity index (χ0n) is 16.4. The Labute approximate surface area is 181 Å². The van der Waals surface area contributed by atoms with E-state index in [1.807, 2.05) is 30.5 Å². The van der Waals surface area contributed by atoms with Gasteiger partial charge in [-0.25, -0.2) is 9.97 Å². The Balaban J connectivity index is 1.29. The summed E-state index contributed by atoms with van der Waals surface area (Å²) in [7, 11) is 0. The van der Waals surface area contributed by atoms with Crippen LogP contribution < -0.4 is 0 Å². The van der Waals surface area contributed by atoms with E-state index in [1.54, 1.807) is 12.3 Å². The largest absolute Gasteiger partial charge is 0.461 e. The number of rotatable bonds is 4. The van der Waals surface area contributed by atoms with Gasteiger partial charge in [-0.05, 0) is 42.0 Å². The molecule has 0 fully saturated rings. The molecule has 0 saturated carbocycles. The minimum Gasteiger partial charge on any atom is -0.461 e. The predicted octanol–water partition coefficient (Wildman–Crippen LogP) is 6.04. The van der Waals surface area contributed by atoms with Gasteiger partial charge in [-0.2, -0.15) is 13.2 Å². The second-order valence-corrected chi connectivity index (χ2v) is 8.62. The highest BCUT2D eigenvalue weighted by atomic mass is 32.1. The molecule has 31 heavy (non-hydrogen) atoms. The normalized spacial score (nSPS) is 14.5. The van der Waals surface area contributed by atoms with Crippen molar-refractivity contribution in [2.45, 2.75) is 25.7 Å². The Morgan fingerprint density at radius 2 is 2.00 bits per heavy atom. The van der Waals surface area contributed by atoms with Gasteiger partial charge in [-0.3, -0.25) is 4.90 Å². The summed E-state index contributed by atoms with van der Waals surface area (Å²) in [5, 5.41) is 0. The molecule has 1 aliphatic rings. The fourth-order valence-corrected chi connectivity index (χ4v) is 4.77. The maximum Gasteiger partial charge on any atom is 0.416 e. The Bertz CT molecular complexity index is 1200. The molecule has 5 rings (SSSR count). The minimum absolute atomic E-state index is 0.592. The average Bonchev–Trinajstić information content (AvgIpc) is 3.45. The van der Waals surface area contributed by atoms with Crippen molar-refractivity contribution in [1.29, 1.82) is 0 Å². The summed E-state index contributed by atoms with van der Waals surface area (Å²) in [6.45, 7) is 2.34. The third kappa shape index (κ3) is 4.26. The second kappa shape index (κ2) is 7.94. The Morgan fingerprint density at radius 3 is 2.81 bits per heavy atom. The van der Waals surface area contributed by atoms with Crippen LogP contribution in [0.4, 0.5) is 13.2 Å². The van der Waals surface area contributed by atoms with E-state index in [4.69, 9.17) is 4.42 Å². The monoisotopic (exact) mass is 441 g/mol. The van der Waals surface area contributed by atoms with Gasteiger partial charge in [-0.1, -0.05) is 12.1 Å². The van der Waals surface area contributed by atoms with Crippen molar-refractivity contribution >= 4 is 11.3 Å². The van der Waals surface area contributed by atoms with Gasteiger partial charge in [0.1, 0.15) is 0 Å². The van der Waals surface area contributed by atoms with Gasteiger partial charge >= 0.3 is 6.18 Å². The van der Waals surface area contributed by atoms with Crippen molar-refractivity contribution in [2.75, 3.05) is 6.54 Å². The van der Waals surface area contributed by atoms with Gasteiger partial charge in [0.15, 0.2) is 11.6 Å². The van der Waals surface area contributed by atoms with Crippen LogP contribution in [0.5, 0.6) is 0 Å². The second-order valence-electron chi connectivity index (χ2n) is 7.45. The summed E-state index contributed by atoms with van der Waals surface area (Å²) in [5.41, 5.74) is 2.10. The molecule has 4 aromatic rings. The molecule has 0 radical (unpaired) electrons. The van der Waals surface area contributed by atoms with E-state index < -0.39 is 11.7 Å². The fraction of sp³-hybridized carbons (Fsp3) is 0.217. The van der Waals surface area contributed by atoms with Gasteiger partial charge in [0, 0.05) is 47.6 Å². The Hall–Kier alpha value is -2.97. The minimum atomic E-state index is -4.34. The number of aromatic nitrogens is 2. The van der Waals surface area contributed by atoms with Crippen LogP contribution in [0.3, 0.4) is 0 Å². The number of benzene rings is 1. The van der Waals surface area contributed by atoms with Gasteiger partial charge in [0.25, 0.3) is 0 Å². The SMILES string of the molecule is FC(F)(F)c1cccc(-c2ccc(CN3CCc4nc(-c5ccco5)ncc4C3)s2)c1. The molecule has 0 amide bonds. The maximum atomic E-state index is 13.0. The highest BCUT2D eigenvalue weighted by Crippen LogP contribution is 2.35. The van der Waals surface area contributed by atoms with E-state index in [9.17, 15) is 13.2 Å². The molecule has 0 unspecified atom stereocenters. The van der Waals surface area contributed by atoms with Crippen LogP contribution in [0.2, 0.25) is 0 Å². The van der Waals surface area contributed by atoms with Gasteiger partial charge in [0.2, 0.25) is 0 Å². The average molecular weight is 441 g/mol. The van der Waals surface area contributed by atoms with Crippen LogP contribution >= 0.6 is 11.3 Å². The molecule has 1 aliphatic heterocycles. The van der Waals surface area contributed by atoms with Crippen molar-refractivity contribution in [3.63, 3.8) is 0 Å². The van der Waals surface area contributed by atoms with Crippen molar-refractivity contribution < 1.29 is 17.6 Å². The molecule has 8 heteroatoms. The third-order valence-electron chi connectivity index (χ3n) is 5.27. The summed E-state index contributed by atoms with van der Waals surface area (Å²) in [5.74, 6) is 1.26. The van der Waals surface area contributed by atoms with Crippen LogP contribution in [0.25, 0.3) is 22.0 Å². The molecule has 0 atom stereocenters. The molecule has 0 bridgehead atoms. The molecule has 4 nitrogen and oxygen atoms in total. The van der Waals surface area contributed by atoms with E-state index in [1.165, 1.54) is 23.5 Å². The summed E-state index contributed by atoms with van der Waals surface area (Å²) in [6.07, 6.45) is -0.0586. The molecule has 0 saturated heterocycles. The molecule has 1 aromatic carbocycles. The number of halogens is 3. The number of thiophene rings is 1. The van der Waals surface area contributed by atoms with Crippen LogP contribution in [-0.2, 0) is 25.7 Å². The standard InChI is InChI=1S/C23H18F3N3OS/c24-23(25,26)17-4-1-3-15(11-17)21-7-6-18(31-21)14-29-9-8-19-16(13-29)12-27-22(28-19)20-5-2-10-30-20/h1-7,10-12H,8-9,13-14H2. The number of nitrogens with zero attached hydrogens (tertiary/aromatic N) is 3. The lowest BCUT2D eigenvalue weighted by atomic mass is 10.1. The quantitative estimate of drug-likeness (QED) is 0.387. The van der Waals surface area contributed by atoms with Crippen LogP contribution in [0, 0.1) is 0 Å². The first-order chi connectivity index (χ1) is 15.0. The lowest BCUT2D eigenvalue weighted by Gasteiger charge is -2.27.